The van der Waals surface area contributed by atoms with Crippen LogP contribution in [0, 0.1) is 6.92 Å². The molecule has 1 atom stereocenters. The predicted octanol–water partition coefficient (Wildman–Crippen LogP) is 3.83. The van der Waals surface area contributed by atoms with Crippen LogP contribution in [-0.4, -0.2) is 17.0 Å². The van der Waals surface area contributed by atoms with E-state index >= 15 is 0 Å². The highest BCUT2D eigenvalue weighted by atomic mass is 16.3. The Morgan fingerprint density at radius 3 is 2.79 bits per heavy atom. The fourth-order valence-corrected chi connectivity index (χ4v) is 2.25. The van der Waals surface area contributed by atoms with E-state index in [4.69, 9.17) is 0 Å². The molecule has 1 rings (SSSR count). The standard InChI is InChI=1S/C17H26O2/c1-3-4-5-9-16(18)13-17(19)11-10-15-8-6-7-14(2)12-15/h6-8,12,16,18H,3-5,9-11,13H2,1-2H3. The van der Waals surface area contributed by atoms with Gasteiger partial charge in [0.05, 0.1) is 6.10 Å². The van der Waals surface area contributed by atoms with E-state index in [1.54, 1.807) is 0 Å². The molecular weight excluding hydrogens is 236 g/mol. The number of hydrogen-bond donors (Lipinski definition) is 1. The molecule has 0 aromatic heterocycles. The maximum atomic E-state index is 11.8. The van der Waals surface area contributed by atoms with Crippen LogP contribution in [0.1, 0.15) is 56.6 Å². The van der Waals surface area contributed by atoms with Gasteiger partial charge in [0, 0.05) is 12.8 Å². The third-order valence-electron chi connectivity index (χ3n) is 3.38. The number of hydrogen-bond acceptors (Lipinski definition) is 2. The molecule has 0 bridgehead atoms. The van der Waals surface area contributed by atoms with Crippen LogP contribution in [0.25, 0.3) is 0 Å². The van der Waals surface area contributed by atoms with Crippen molar-refractivity contribution in [3.8, 4) is 0 Å². The number of ketones is 1. The average Bonchev–Trinajstić information content (AvgIpc) is 2.37. The quantitative estimate of drug-likeness (QED) is 0.687. The average molecular weight is 262 g/mol. The summed E-state index contributed by atoms with van der Waals surface area (Å²) < 4.78 is 0. The van der Waals surface area contributed by atoms with Gasteiger partial charge in [-0.3, -0.25) is 4.79 Å². The normalized spacial score (nSPS) is 12.4. The third-order valence-corrected chi connectivity index (χ3v) is 3.38. The van der Waals surface area contributed by atoms with E-state index in [9.17, 15) is 9.90 Å². The Labute approximate surface area is 116 Å². The molecule has 0 aliphatic carbocycles. The van der Waals surface area contributed by atoms with Crippen molar-refractivity contribution in [2.24, 2.45) is 0 Å². The molecule has 2 heteroatoms. The Bertz CT molecular complexity index is 385. The first-order valence-electron chi connectivity index (χ1n) is 7.37. The third kappa shape index (κ3) is 7.12. The fraction of sp³-hybridized carbons (Fsp3) is 0.588. The summed E-state index contributed by atoms with van der Waals surface area (Å²) in [7, 11) is 0. The summed E-state index contributed by atoms with van der Waals surface area (Å²) in [6.45, 7) is 4.20. The van der Waals surface area contributed by atoms with E-state index < -0.39 is 6.10 Å². The lowest BCUT2D eigenvalue weighted by Gasteiger charge is -2.09. The van der Waals surface area contributed by atoms with E-state index in [0.29, 0.717) is 12.8 Å². The van der Waals surface area contributed by atoms with Gasteiger partial charge in [0.1, 0.15) is 5.78 Å². The van der Waals surface area contributed by atoms with Crippen molar-refractivity contribution >= 4 is 5.78 Å². The van der Waals surface area contributed by atoms with Crippen LogP contribution < -0.4 is 0 Å². The number of carbonyl (C=O) groups is 1. The molecular formula is C17H26O2. The van der Waals surface area contributed by atoms with Gasteiger partial charge in [-0.05, 0) is 25.3 Å². The lowest BCUT2D eigenvalue weighted by Crippen LogP contribution is -2.13. The Morgan fingerprint density at radius 2 is 2.11 bits per heavy atom. The molecule has 1 unspecified atom stereocenters. The molecule has 1 aromatic rings. The Balaban J connectivity index is 2.24. The lowest BCUT2D eigenvalue weighted by molar-refractivity contribution is -0.121. The second-order valence-electron chi connectivity index (χ2n) is 5.38. The monoisotopic (exact) mass is 262 g/mol. The van der Waals surface area contributed by atoms with Crippen LogP contribution in [0.5, 0.6) is 0 Å². The molecule has 0 aliphatic heterocycles. The number of aliphatic hydroxyl groups is 1. The minimum absolute atomic E-state index is 0.172. The Kier molecular flexibility index (Phi) is 7.42. The SMILES string of the molecule is CCCCCC(O)CC(=O)CCc1cccc(C)c1. The molecule has 0 radical (unpaired) electrons. The van der Waals surface area contributed by atoms with Crippen LogP contribution in [0.3, 0.4) is 0 Å². The van der Waals surface area contributed by atoms with Crippen molar-refractivity contribution in [1.82, 2.24) is 0 Å². The maximum Gasteiger partial charge on any atom is 0.135 e. The van der Waals surface area contributed by atoms with Gasteiger partial charge < -0.3 is 5.11 Å². The number of carbonyl (C=O) groups excluding carboxylic acids is 1. The van der Waals surface area contributed by atoms with Crippen LogP contribution in [0.2, 0.25) is 0 Å². The first-order chi connectivity index (χ1) is 9.11. The lowest BCUT2D eigenvalue weighted by atomic mass is 10.0. The highest BCUT2D eigenvalue weighted by Gasteiger charge is 2.10. The molecule has 0 amide bonds. The van der Waals surface area contributed by atoms with Gasteiger partial charge >= 0.3 is 0 Å². The van der Waals surface area contributed by atoms with E-state index in [0.717, 1.165) is 32.1 Å². The Morgan fingerprint density at radius 1 is 1.32 bits per heavy atom. The van der Waals surface area contributed by atoms with Crippen LogP contribution >= 0.6 is 0 Å². The zero-order valence-electron chi connectivity index (χ0n) is 12.2. The number of aryl methyl sites for hydroxylation is 2. The van der Waals surface area contributed by atoms with Gasteiger partial charge in [0.15, 0.2) is 0 Å². The van der Waals surface area contributed by atoms with Gasteiger partial charge in [0.25, 0.3) is 0 Å². The van der Waals surface area contributed by atoms with E-state index in [2.05, 4.69) is 32.0 Å². The zero-order valence-corrected chi connectivity index (χ0v) is 12.2. The molecule has 0 aliphatic rings. The van der Waals surface area contributed by atoms with Crippen LogP contribution in [0.15, 0.2) is 24.3 Å². The number of unbranched alkanes of at least 4 members (excludes halogenated alkanes) is 2. The van der Waals surface area contributed by atoms with Crippen molar-refractivity contribution in [3.63, 3.8) is 0 Å². The minimum atomic E-state index is -0.448. The molecule has 0 saturated heterocycles. The van der Waals surface area contributed by atoms with Crippen LogP contribution in [0.4, 0.5) is 0 Å². The zero-order chi connectivity index (χ0) is 14.1. The summed E-state index contributed by atoms with van der Waals surface area (Å²) in [5.41, 5.74) is 2.43. The molecule has 0 heterocycles. The molecule has 106 valence electrons. The number of Topliss-reactive ketones (excluding diaryl/α,β-unsaturated/α-hetero) is 1. The maximum absolute atomic E-state index is 11.8. The van der Waals surface area contributed by atoms with Gasteiger partial charge in [0.2, 0.25) is 0 Å². The van der Waals surface area contributed by atoms with E-state index in [1.807, 2.05) is 6.07 Å². The summed E-state index contributed by atoms with van der Waals surface area (Å²) in [4.78, 5) is 11.8. The summed E-state index contributed by atoms with van der Waals surface area (Å²) in [5.74, 6) is 0.172. The predicted molar refractivity (Wildman–Crippen MR) is 79.3 cm³/mol. The molecule has 2 nitrogen and oxygen atoms in total. The smallest absolute Gasteiger partial charge is 0.135 e. The number of aliphatic hydroxyl groups excluding tert-OH is 1. The largest absolute Gasteiger partial charge is 0.393 e. The first-order valence-corrected chi connectivity index (χ1v) is 7.37. The summed E-state index contributed by atoms with van der Waals surface area (Å²) in [6, 6.07) is 8.25. The van der Waals surface area contributed by atoms with Crippen molar-refractivity contribution in [2.75, 3.05) is 0 Å². The van der Waals surface area contributed by atoms with Crippen molar-refractivity contribution in [3.05, 3.63) is 35.4 Å². The highest BCUT2D eigenvalue weighted by molar-refractivity contribution is 5.79. The summed E-state index contributed by atoms with van der Waals surface area (Å²) >= 11 is 0. The van der Waals surface area contributed by atoms with Crippen LogP contribution in [-0.2, 0) is 11.2 Å². The summed E-state index contributed by atoms with van der Waals surface area (Å²) in [6.07, 6.45) is 5.23. The molecule has 1 aromatic carbocycles. The molecule has 1 N–H and O–H groups in total. The van der Waals surface area contributed by atoms with Crippen molar-refractivity contribution < 1.29 is 9.90 Å². The molecule has 0 saturated carbocycles. The van der Waals surface area contributed by atoms with Crippen molar-refractivity contribution in [1.29, 1.82) is 0 Å². The second-order valence-corrected chi connectivity index (χ2v) is 5.38. The van der Waals surface area contributed by atoms with E-state index in [1.165, 1.54) is 11.1 Å². The Hall–Kier alpha value is -1.15. The van der Waals surface area contributed by atoms with Gasteiger partial charge in [-0.15, -0.1) is 0 Å². The molecule has 0 spiro atoms. The number of benzene rings is 1. The topological polar surface area (TPSA) is 37.3 Å². The van der Waals surface area contributed by atoms with Gasteiger partial charge in [-0.25, -0.2) is 0 Å². The van der Waals surface area contributed by atoms with E-state index in [-0.39, 0.29) is 5.78 Å². The van der Waals surface area contributed by atoms with Crippen molar-refractivity contribution in [2.45, 2.75) is 64.9 Å². The van der Waals surface area contributed by atoms with Gasteiger partial charge in [-0.1, -0.05) is 56.0 Å². The molecule has 19 heavy (non-hydrogen) atoms. The highest BCUT2D eigenvalue weighted by Crippen LogP contribution is 2.11. The minimum Gasteiger partial charge on any atom is -0.393 e. The fourth-order valence-electron chi connectivity index (χ4n) is 2.25. The number of rotatable bonds is 9. The summed E-state index contributed by atoms with van der Waals surface area (Å²) in [5, 5.41) is 9.77. The second kappa shape index (κ2) is 8.87. The first kappa shape index (κ1) is 15.9. The molecule has 0 fully saturated rings. The van der Waals surface area contributed by atoms with Gasteiger partial charge in [-0.2, -0.15) is 0 Å².